The molecule has 0 aliphatic rings. The predicted molar refractivity (Wildman–Crippen MR) is 111 cm³/mol. The summed E-state index contributed by atoms with van der Waals surface area (Å²) in [5, 5.41) is 0. The smallest absolute Gasteiger partial charge is 0.224 e. The van der Waals surface area contributed by atoms with Crippen LogP contribution in [0.15, 0.2) is 24.5 Å². The van der Waals surface area contributed by atoms with Crippen molar-refractivity contribution in [3.63, 3.8) is 0 Å². The van der Waals surface area contributed by atoms with Crippen molar-refractivity contribution in [2.24, 2.45) is 5.73 Å². The Morgan fingerprint density at radius 1 is 0.808 bits per heavy atom. The lowest BCUT2D eigenvalue weighted by Crippen LogP contribution is -2.21. The van der Waals surface area contributed by atoms with E-state index in [1.165, 1.54) is 83.5 Å². The van der Waals surface area contributed by atoms with Gasteiger partial charge in [0.05, 0.1) is 5.92 Å². The Labute approximate surface area is 161 Å². The summed E-state index contributed by atoms with van der Waals surface area (Å²) in [6.07, 6.45) is 23.2. The van der Waals surface area contributed by atoms with Gasteiger partial charge in [-0.25, -0.2) is 0 Å². The van der Waals surface area contributed by atoms with Crippen LogP contribution >= 0.6 is 0 Å². The summed E-state index contributed by atoms with van der Waals surface area (Å²) in [7, 11) is 0. The van der Waals surface area contributed by atoms with Gasteiger partial charge in [0, 0.05) is 12.4 Å². The zero-order valence-corrected chi connectivity index (χ0v) is 16.9. The molecule has 0 bridgehead atoms. The monoisotopic (exact) mass is 360 g/mol. The molecule has 0 saturated heterocycles. The third-order valence-corrected chi connectivity index (χ3v) is 5.30. The second-order valence-corrected chi connectivity index (χ2v) is 7.62. The zero-order valence-electron chi connectivity index (χ0n) is 16.9. The summed E-state index contributed by atoms with van der Waals surface area (Å²) < 4.78 is 0. The van der Waals surface area contributed by atoms with E-state index in [1.54, 1.807) is 12.4 Å². The summed E-state index contributed by atoms with van der Waals surface area (Å²) >= 11 is 0. The zero-order chi connectivity index (χ0) is 18.9. The van der Waals surface area contributed by atoms with Crippen LogP contribution in [0.3, 0.4) is 0 Å². The van der Waals surface area contributed by atoms with Gasteiger partial charge in [-0.3, -0.25) is 9.78 Å². The van der Waals surface area contributed by atoms with Crippen LogP contribution < -0.4 is 5.73 Å². The maximum Gasteiger partial charge on any atom is 0.224 e. The number of carbonyl (C=O) groups is 1. The van der Waals surface area contributed by atoms with Crippen molar-refractivity contribution in [2.75, 3.05) is 0 Å². The minimum atomic E-state index is -0.217. The fraction of sp³-hybridized carbons (Fsp3) is 0.739. The summed E-state index contributed by atoms with van der Waals surface area (Å²) in [5.74, 6) is -0.374. The van der Waals surface area contributed by atoms with E-state index in [4.69, 9.17) is 5.73 Å². The van der Waals surface area contributed by atoms with Gasteiger partial charge in [-0.2, -0.15) is 0 Å². The number of carbonyl (C=O) groups excluding carboxylic acids is 1. The molecular weight excluding hydrogens is 320 g/mol. The molecule has 1 rings (SSSR count). The van der Waals surface area contributed by atoms with Crippen LogP contribution in [-0.4, -0.2) is 10.9 Å². The van der Waals surface area contributed by atoms with E-state index in [2.05, 4.69) is 11.9 Å². The summed E-state index contributed by atoms with van der Waals surface area (Å²) in [6, 6.07) is 3.80. The van der Waals surface area contributed by atoms with Crippen molar-refractivity contribution in [3.8, 4) is 0 Å². The number of rotatable bonds is 17. The molecule has 1 atom stereocenters. The van der Waals surface area contributed by atoms with Gasteiger partial charge in [-0.05, 0) is 24.1 Å². The summed E-state index contributed by atoms with van der Waals surface area (Å²) in [6.45, 7) is 2.27. The quantitative estimate of drug-likeness (QED) is 0.321. The highest BCUT2D eigenvalue weighted by molar-refractivity contribution is 5.81. The van der Waals surface area contributed by atoms with E-state index in [-0.39, 0.29) is 11.8 Å². The molecule has 1 aromatic heterocycles. The van der Waals surface area contributed by atoms with Crippen molar-refractivity contribution in [3.05, 3.63) is 30.1 Å². The first-order valence-electron chi connectivity index (χ1n) is 10.9. The molecule has 0 aliphatic heterocycles. The fourth-order valence-corrected chi connectivity index (χ4v) is 3.61. The Morgan fingerprint density at radius 3 is 1.65 bits per heavy atom. The predicted octanol–water partition coefficient (Wildman–Crippen LogP) is 6.52. The summed E-state index contributed by atoms with van der Waals surface area (Å²) in [5.41, 5.74) is 6.57. The lowest BCUT2D eigenvalue weighted by Gasteiger charge is -2.13. The van der Waals surface area contributed by atoms with Crippen LogP contribution in [0.4, 0.5) is 0 Å². The molecule has 0 fully saturated rings. The molecule has 3 heteroatoms. The number of hydrogen-bond donors (Lipinski definition) is 1. The molecule has 0 aliphatic carbocycles. The van der Waals surface area contributed by atoms with Crippen molar-refractivity contribution in [1.82, 2.24) is 4.98 Å². The van der Waals surface area contributed by atoms with Crippen LogP contribution in [-0.2, 0) is 4.79 Å². The minimum Gasteiger partial charge on any atom is -0.369 e. The van der Waals surface area contributed by atoms with E-state index in [1.807, 2.05) is 12.1 Å². The van der Waals surface area contributed by atoms with Crippen LogP contribution in [0.5, 0.6) is 0 Å². The Hall–Kier alpha value is -1.38. The van der Waals surface area contributed by atoms with E-state index >= 15 is 0 Å². The Morgan fingerprint density at radius 2 is 1.23 bits per heavy atom. The van der Waals surface area contributed by atoms with Gasteiger partial charge >= 0.3 is 0 Å². The van der Waals surface area contributed by atoms with Crippen molar-refractivity contribution in [1.29, 1.82) is 0 Å². The number of nitrogens with zero attached hydrogens (tertiary/aromatic N) is 1. The first kappa shape index (κ1) is 22.7. The lowest BCUT2D eigenvalue weighted by molar-refractivity contribution is -0.119. The number of pyridine rings is 1. The Bertz CT molecular complexity index is 447. The molecule has 0 saturated carbocycles. The van der Waals surface area contributed by atoms with Crippen molar-refractivity contribution >= 4 is 5.91 Å². The van der Waals surface area contributed by atoms with Gasteiger partial charge in [-0.15, -0.1) is 0 Å². The average molecular weight is 361 g/mol. The third kappa shape index (κ3) is 11.3. The largest absolute Gasteiger partial charge is 0.369 e. The molecule has 1 amide bonds. The van der Waals surface area contributed by atoms with E-state index < -0.39 is 0 Å². The average Bonchev–Trinajstić information content (AvgIpc) is 2.65. The van der Waals surface area contributed by atoms with E-state index in [9.17, 15) is 4.79 Å². The van der Waals surface area contributed by atoms with E-state index in [0.29, 0.717) is 0 Å². The van der Waals surface area contributed by atoms with Gasteiger partial charge in [0.2, 0.25) is 5.91 Å². The molecule has 1 heterocycles. The second-order valence-electron chi connectivity index (χ2n) is 7.62. The molecule has 2 N–H and O–H groups in total. The number of aromatic nitrogens is 1. The maximum atomic E-state index is 11.7. The van der Waals surface area contributed by atoms with Gasteiger partial charge in [0.15, 0.2) is 0 Å². The standard InChI is InChI=1S/C23H40N2O/c1-2-3-4-5-6-7-8-9-10-11-12-13-14-15-16-22(23(24)26)21-17-19-25-20-18-21/h17-20,22H,2-16H2,1H3,(H2,24,26). The van der Waals surface area contributed by atoms with E-state index in [0.717, 1.165) is 18.4 Å². The number of nitrogens with two attached hydrogens (primary N) is 1. The molecule has 26 heavy (non-hydrogen) atoms. The fourth-order valence-electron chi connectivity index (χ4n) is 3.61. The minimum absolute atomic E-state index is 0.157. The number of primary amides is 1. The topological polar surface area (TPSA) is 56.0 Å². The lowest BCUT2D eigenvalue weighted by atomic mass is 9.93. The molecule has 3 nitrogen and oxygen atoms in total. The molecule has 1 unspecified atom stereocenters. The second kappa shape index (κ2) is 15.8. The van der Waals surface area contributed by atoms with Gasteiger partial charge < -0.3 is 5.73 Å². The van der Waals surface area contributed by atoms with Gasteiger partial charge in [0.25, 0.3) is 0 Å². The van der Waals surface area contributed by atoms with Crippen LogP contribution in [0.1, 0.15) is 115 Å². The number of unbranched alkanes of at least 4 members (excludes halogenated alkanes) is 13. The molecule has 1 aromatic rings. The number of hydrogen-bond acceptors (Lipinski definition) is 2. The first-order chi connectivity index (χ1) is 12.8. The Kier molecular flexibility index (Phi) is 13.8. The van der Waals surface area contributed by atoms with Crippen molar-refractivity contribution in [2.45, 2.75) is 109 Å². The number of amides is 1. The molecule has 0 aromatic carbocycles. The SMILES string of the molecule is CCCCCCCCCCCCCCCCC(C(N)=O)c1ccncc1. The van der Waals surface area contributed by atoms with Gasteiger partial charge in [-0.1, -0.05) is 96.8 Å². The van der Waals surface area contributed by atoms with Crippen LogP contribution in [0.25, 0.3) is 0 Å². The molecule has 148 valence electrons. The van der Waals surface area contributed by atoms with Crippen LogP contribution in [0.2, 0.25) is 0 Å². The molecule has 0 spiro atoms. The van der Waals surface area contributed by atoms with Crippen molar-refractivity contribution < 1.29 is 4.79 Å². The highest BCUT2D eigenvalue weighted by Gasteiger charge is 2.16. The van der Waals surface area contributed by atoms with Gasteiger partial charge in [0.1, 0.15) is 0 Å². The Balaban J connectivity index is 1.93. The normalized spacial score (nSPS) is 12.2. The highest BCUT2D eigenvalue weighted by atomic mass is 16.1. The third-order valence-electron chi connectivity index (χ3n) is 5.30. The summed E-state index contributed by atoms with van der Waals surface area (Å²) in [4.78, 5) is 15.7. The first-order valence-corrected chi connectivity index (χ1v) is 10.9. The maximum absolute atomic E-state index is 11.7. The molecule has 0 radical (unpaired) electrons. The van der Waals surface area contributed by atoms with Crippen LogP contribution in [0, 0.1) is 0 Å². The molecular formula is C23H40N2O. The highest BCUT2D eigenvalue weighted by Crippen LogP contribution is 2.22.